The normalized spacial score (nSPS) is 19.7. The van der Waals surface area contributed by atoms with Gasteiger partial charge in [0.05, 0.1) is 40.2 Å². The van der Waals surface area contributed by atoms with E-state index in [2.05, 4.69) is 0 Å². The molecule has 1 aliphatic heterocycles. The Balaban J connectivity index is 1.16. The third kappa shape index (κ3) is 8.98. The molecule has 296 valence electrons. The Morgan fingerprint density at radius 2 is 1.64 bits per heavy atom. The lowest BCUT2D eigenvalue weighted by Gasteiger charge is -2.32. The summed E-state index contributed by atoms with van der Waals surface area (Å²) < 4.78 is 77.9. The van der Waals surface area contributed by atoms with E-state index in [0.717, 1.165) is 5.57 Å². The minimum Gasteiger partial charge on any atom is -0.493 e. The molecular weight excluding hydrogens is 720 g/mol. The van der Waals surface area contributed by atoms with E-state index in [9.17, 15) is 4.79 Å². The SMILES string of the molecule is COCCn1c(Cc2cc(F)c(C3=C(/C)CC/C(OCc4ccc(B5OC(C)(C)C(C)(C)O5)cc4F)=C/C=C\3)cc2F)nc2ccc(C(=O)OC(C)(C)C)cc21. The van der Waals surface area contributed by atoms with Crippen molar-refractivity contribution >= 4 is 35.2 Å². The van der Waals surface area contributed by atoms with Crippen molar-refractivity contribution in [2.24, 2.45) is 0 Å². The van der Waals surface area contributed by atoms with Crippen LogP contribution in [-0.2, 0) is 43.1 Å². The Morgan fingerprint density at radius 1 is 0.929 bits per heavy atom. The van der Waals surface area contributed by atoms with Crippen LogP contribution in [0.25, 0.3) is 16.6 Å². The molecule has 8 nitrogen and oxygen atoms in total. The molecule has 0 N–H and O–H groups in total. The molecule has 1 aliphatic carbocycles. The van der Waals surface area contributed by atoms with Crippen LogP contribution in [0.3, 0.4) is 0 Å². The molecule has 0 bridgehead atoms. The number of benzene rings is 3. The van der Waals surface area contributed by atoms with E-state index in [4.69, 9.17) is 28.5 Å². The first-order chi connectivity index (χ1) is 26.4. The zero-order chi connectivity index (χ0) is 40.6. The standard InChI is InChI=1S/C44H50BF3N2O6/c1-27-13-17-32(53-26-29-14-16-31(24-35(29)46)45-55-43(5,6)44(7,8)56-45)11-10-12-33(27)34-25-36(47)30(21-37(34)48)23-40-49-38-18-15-28(41(51)54-42(2,3)4)22-39(38)50(40)19-20-52-9/h10-12,14-16,18,21-22,24-25H,13,17,19-20,23,26H2,1-9H3/b12-10-,32-11-,33-27-. The lowest BCUT2D eigenvalue weighted by molar-refractivity contribution is 0.00578. The number of hydrogen-bond donors (Lipinski definition) is 0. The summed E-state index contributed by atoms with van der Waals surface area (Å²) in [4.78, 5) is 17.5. The predicted molar refractivity (Wildman–Crippen MR) is 212 cm³/mol. The third-order valence-electron chi connectivity index (χ3n) is 10.5. The fourth-order valence-electron chi connectivity index (χ4n) is 6.64. The van der Waals surface area contributed by atoms with Gasteiger partial charge in [-0.1, -0.05) is 29.9 Å². The van der Waals surface area contributed by atoms with Gasteiger partial charge in [0, 0.05) is 37.6 Å². The second-order valence-electron chi connectivity index (χ2n) is 16.4. The molecule has 0 spiro atoms. The van der Waals surface area contributed by atoms with Crippen LogP contribution in [0.5, 0.6) is 0 Å². The number of hydrogen-bond acceptors (Lipinski definition) is 7. The largest absolute Gasteiger partial charge is 0.494 e. The smallest absolute Gasteiger partial charge is 0.493 e. The van der Waals surface area contributed by atoms with Gasteiger partial charge < -0.3 is 28.1 Å². The van der Waals surface area contributed by atoms with Gasteiger partial charge in [-0.2, -0.15) is 0 Å². The highest BCUT2D eigenvalue weighted by Gasteiger charge is 2.51. The van der Waals surface area contributed by atoms with Gasteiger partial charge in [0.15, 0.2) is 0 Å². The summed E-state index contributed by atoms with van der Waals surface area (Å²) in [5, 5.41) is 0. The molecule has 1 saturated heterocycles. The Hall–Kier alpha value is -4.65. The van der Waals surface area contributed by atoms with Crippen LogP contribution in [0.2, 0.25) is 0 Å². The molecule has 0 saturated carbocycles. The number of imidazole rings is 1. The molecule has 12 heteroatoms. The first-order valence-corrected chi connectivity index (χ1v) is 18.9. The molecule has 1 fully saturated rings. The van der Waals surface area contributed by atoms with Crippen molar-refractivity contribution in [2.75, 3.05) is 13.7 Å². The fourth-order valence-corrected chi connectivity index (χ4v) is 6.64. The number of carbonyl (C=O) groups excluding carboxylic acids is 1. The molecule has 0 unspecified atom stereocenters. The van der Waals surface area contributed by atoms with Gasteiger partial charge in [0.25, 0.3) is 0 Å². The van der Waals surface area contributed by atoms with E-state index in [1.165, 1.54) is 18.2 Å². The zero-order valence-corrected chi connectivity index (χ0v) is 33.6. The van der Waals surface area contributed by atoms with Gasteiger partial charge in [-0.15, -0.1) is 0 Å². The number of ether oxygens (including phenoxy) is 3. The van der Waals surface area contributed by atoms with Crippen molar-refractivity contribution in [1.29, 1.82) is 0 Å². The van der Waals surface area contributed by atoms with Crippen molar-refractivity contribution in [1.82, 2.24) is 9.55 Å². The van der Waals surface area contributed by atoms with Crippen LogP contribution >= 0.6 is 0 Å². The van der Waals surface area contributed by atoms with Gasteiger partial charge in [-0.05, 0) is 121 Å². The highest BCUT2D eigenvalue weighted by molar-refractivity contribution is 6.62. The fraction of sp³-hybridized carbons (Fsp3) is 0.409. The third-order valence-corrected chi connectivity index (χ3v) is 10.5. The molecule has 6 rings (SSSR count). The van der Waals surface area contributed by atoms with E-state index >= 15 is 13.2 Å². The number of esters is 1. The van der Waals surface area contributed by atoms with Gasteiger partial charge in [-0.3, -0.25) is 0 Å². The predicted octanol–water partition coefficient (Wildman–Crippen LogP) is 9.17. The molecule has 0 radical (unpaired) electrons. The highest BCUT2D eigenvalue weighted by atomic mass is 19.1. The minimum atomic E-state index is -0.667. The van der Waals surface area contributed by atoms with E-state index in [0.29, 0.717) is 70.8 Å². The monoisotopic (exact) mass is 770 g/mol. The molecule has 56 heavy (non-hydrogen) atoms. The molecule has 1 aromatic heterocycles. The second-order valence-corrected chi connectivity index (χ2v) is 16.4. The Bertz CT molecular complexity index is 2220. The van der Waals surface area contributed by atoms with Crippen LogP contribution in [0, 0.1) is 17.5 Å². The minimum absolute atomic E-state index is 0.0162. The molecule has 0 amide bonds. The summed E-state index contributed by atoms with van der Waals surface area (Å²) in [5.74, 6) is -0.865. The summed E-state index contributed by atoms with van der Waals surface area (Å²) in [6, 6.07) is 12.4. The average Bonchev–Trinajstić information content (AvgIpc) is 3.56. The lowest BCUT2D eigenvalue weighted by Crippen LogP contribution is -2.41. The van der Waals surface area contributed by atoms with E-state index in [1.807, 2.05) is 39.2 Å². The summed E-state index contributed by atoms with van der Waals surface area (Å²) in [6.07, 6.45) is 6.27. The number of rotatable bonds is 11. The van der Waals surface area contributed by atoms with Gasteiger partial charge in [-0.25, -0.2) is 22.9 Å². The van der Waals surface area contributed by atoms with Crippen LogP contribution < -0.4 is 5.46 Å². The maximum atomic E-state index is 15.9. The number of carbonyl (C=O) groups is 1. The first-order valence-electron chi connectivity index (χ1n) is 18.9. The van der Waals surface area contributed by atoms with Crippen molar-refractivity contribution in [3.63, 3.8) is 0 Å². The van der Waals surface area contributed by atoms with Gasteiger partial charge >= 0.3 is 13.1 Å². The molecule has 2 heterocycles. The topological polar surface area (TPSA) is 81.0 Å². The number of nitrogens with zero attached hydrogens (tertiary/aromatic N) is 2. The van der Waals surface area contributed by atoms with Crippen molar-refractivity contribution < 1.29 is 41.5 Å². The van der Waals surface area contributed by atoms with Crippen LogP contribution in [0.1, 0.15) is 101 Å². The molecular formula is C44H50BF3N2O6. The summed E-state index contributed by atoms with van der Waals surface area (Å²) >= 11 is 0. The molecule has 0 atom stereocenters. The Kier molecular flexibility index (Phi) is 11.8. The Labute approximate surface area is 327 Å². The van der Waals surface area contributed by atoms with E-state index in [-0.39, 0.29) is 24.2 Å². The highest BCUT2D eigenvalue weighted by Crippen LogP contribution is 2.37. The number of allylic oxidation sites excluding steroid dienone is 6. The number of aromatic nitrogens is 2. The summed E-state index contributed by atoms with van der Waals surface area (Å²) in [6.45, 7) is 15.8. The quantitative estimate of drug-likeness (QED) is 0.111. The second kappa shape index (κ2) is 16.1. The van der Waals surface area contributed by atoms with Crippen molar-refractivity contribution in [2.45, 2.75) is 105 Å². The molecule has 2 aliphatic rings. The van der Waals surface area contributed by atoms with Gasteiger partial charge in [0.1, 0.15) is 35.5 Å². The molecule has 4 aromatic rings. The zero-order valence-electron chi connectivity index (χ0n) is 33.6. The van der Waals surface area contributed by atoms with E-state index < -0.39 is 47.3 Å². The lowest BCUT2D eigenvalue weighted by atomic mass is 9.79. The van der Waals surface area contributed by atoms with E-state index in [1.54, 1.807) is 76.4 Å². The van der Waals surface area contributed by atoms with Gasteiger partial charge in [0.2, 0.25) is 0 Å². The summed E-state index contributed by atoms with van der Waals surface area (Å²) in [7, 11) is 0.910. The van der Waals surface area contributed by atoms with Crippen LogP contribution in [-0.4, -0.2) is 53.2 Å². The molecule has 3 aromatic carbocycles. The first kappa shape index (κ1) is 41.0. The summed E-state index contributed by atoms with van der Waals surface area (Å²) in [5.41, 5.74) is 2.62. The van der Waals surface area contributed by atoms with Crippen molar-refractivity contribution in [3.05, 3.63) is 124 Å². The Morgan fingerprint density at radius 3 is 2.32 bits per heavy atom. The number of methoxy groups -OCH3 is 1. The van der Waals surface area contributed by atoms with Crippen molar-refractivity contribution in [3.8, 4) is 0 Å². The average molecular weight is 771 g/mol. The number of halogens is 3. The maximum Gasteiger partial charge on any atom is 0.494 e. The van der Waals surface area contributed by atoms with Crippen LogP contribution in [0.15, 0.2) is 78.1 Å². The number of fused-ring (bicyclic) bond motifs is 1. The van der Waals surface area contributed by atoms with Crippen LogP contribution in [0.4, 0.5) is 13.2 Å². The maximum absolute atomic E-state index is 15.9.